The zero-order chi connectivity index (χ0) is 16.3. The maximum Gasteiger partial charge on any atom is 0.251 e. The van der Waals surface area contributed by atoms with Gasteiger partial charge in [0, 0.05) is 30.2 Å². The molecule has 1 saturated heterocycles. The average Bonchev–Trinajstić information content (AvgIpc) is 3.17. The summed E-state index contributed by atoms with van der Waals surface area (Å²) in [5.41, 5.74) is 1.61. The molecule has 1 fully saturated rings. The van der Waals surface area contributed by atoms with E-state index >= 15 is 0 Å². The number of sulfone groups is 1. The van der Waals surface area contributed by atoms with Crippen LogP contribution in [0, 0.1) is 5.92 Å². The third-order valence-corrected chi connectivity index (χ3v) is 6.03. The summed E-state index contributed by atoms with van der Waals surface area (Å²) >= 11 is 0. The van der Waals surface area contributed by atoms with Crippen LogP contribution in [-0.4, -0.2) is 36.9 Å². The number of nitrogens with one attached hydrogen (secondary N) is 1. The van der Waals surface area contributed by atoms with E-state index in [9.17, 15) is 13.2 Å². The number of carbonyl (C=O) groups is 1. The number of hydrogen-bond donors (Lipinski definition) is 1. The number of benzene rings is 1. The van der Waals surface area contributed by atoms with Gasteiger partial charge in [-0.15, -0.1) is 0 Å². The fourth-order valence-electron chi connectivity index (χ4n) is 2.88. The first kappa shape index (κ1) is 15.8. The van der Waals surface area contributed by atoms with Crippen molar-refractivity contribution in [2.75, 3.05) is 18.1 Å². The summed E-state index contributed by atoms with van der Waals surface area (Å²) in [5, 5.41) is 2.87. The molecule has 2 aromatic rings. The Kier molecular flexibility index (Phi) is 4.52. The maximum absolute atomic E-state index is 12.1. The first-order chi connectivity index (χ1) is 11.0. The molecule has 1 atom stereocenters. The van der Waals surface area contributed by atoms with Crippen LogP contribution >= 0.6 is 0 Å². The van der Waals surface area contributed by atoms with Crippen molar-refractivity contribution in [1.29, 1.82) is 0 Å². The van der Waals surface area contributed by atoms with E-state index in [0.717, 1.165) is 5.69 Å². The fourth-order valence-corrected chi connectivity index (χ4v) is 4.79. The molecule has 2 heterocycles. The minimum atomic E-state index is -2.84. The Hall–Kier alpha value is -2.08. The Balaban J connectivity index is 1.50. The van der Waals surface area contributed by atoms with Gasteiger partial charge in [0.2, 0.25) is 0 Å². The summed E-state index contributed by atoms with van der Waals surface area (Å²) in [6.45, 7) is 0.512. The smallest absolute Gasteiger partial charge is 0.251 e. The summed E-state index contributed by atoms with van der Waals surface area (Å²) in [6, 6.07) is 11.3. The molecule has 0 aliphatic carbocycles. The maximum atomic E-state index is 12.1. The molecule has 1 N–H and O–H groups in total. The predicted octanol–water partition coefficient (Wildman–Crippen LogP) is 2.03. The van der Waals surface area contributed by atoms with Gasteiger partial charge in [0.05, 0.1) is 11.5 Å². The lowest BCUT2D eigenvalue weighted by Gasteiger charge is -2.09. The second-order valence-electron chi connectivity index (χ2n) is 5.95. The Morgan fingerprint density at radius 1 is 1.17 bits per heavy atom. The molecule has 0 saturated carbocycles. The number of nitrogens with zero attached hydrogens (tertiary/aromatic N) is 1. The molecule has 6 heteroatoms. The predicted molar refractivity (Wildman–Crippen MR) is 89.5 cm³/mol. The van der Waals surface area contributed by atoms with E-state index in [2.05, 4.69) is 5.32 Å². The standard InChI is InChI=1S/C17H20N2O3S/c20-17(18-9-7-14-8-12-23(21,22)13-14)15-3-5-16(6-4-15)19-10-1-2-11-19/h1-6,10-11,14H,7-9,12-13H2,(H,18,20). The highest BCUT2D eigenvalue weighted by Crippen LogP contribution is 2.21. The van der Waals surface area contributed by atoms with Crippen molar-refractivity contribution in [3.63, 3.8) is 0 Å². The highest BCUT2D eigenvalue weighted by molar-refractivity contribution is 7.91. The van der Waals surface area contributed by atoms with Crippen molar-refractivity contribution in [1.82, 2.24) is 9.88 Å². The molecule has 1 aromatic carbocycles. The first-order valence-electron chi connectivity index (χ1n) is 7.75. The molecule has 1 aromatic heterocycles. The largest absolute Gasteiger partial charge is 0.352 e. The number of aromatic nitrogens is 1. The molecule has 1 aliphatic heterocycles. The van der Waals surface area contributed by atoms with Gasteiger partial charge in [0.15, 0.2) is 9.84 Å². The van der Waals surface area contributed by atoms with Gasteiger partial charge in [-0.1, -0.05) is 0 Å². The summed E-state index contributed by atoms with van der Waals surface area (Å²) in [7, 11) is -2.84. The van der Waals surface area contributed by atoms with Crippen LogP contribution in [0.4, 0.5) is 0 Å². The van der Waals surface area contributed by atoms with Gasteiger partial charge in [-0.3, -0.25) is 4.79 Å². The monoisotopic (exact) mass is 332 g/mol. The zero-order valence-electron chi connectivity index (χ0n) is 12.8. The van der Waals surface area contributed by atoms with Gasteiger partial charge >= 0.3 is 0 Å². The van der Waals surface area contributed by atoms with Crippen molar-refractivity contribution < 1.29 is 13.2 Å². The van der Waals surface area contributed by atoms with E-state index in [1.54, 1.807) is 12.1 Å². The third kappa shape index (κ3) is 4.01. The molecule has 1 unspecified atom stereocenters. The van der Waals surface area contributed by atoms with Gasteiger partial charge in [0.25, 0.3) is 5.91 Å². The number of carbonyl (C=O) groups excluding carboxylic acids is 1. The molecule has 1 aliphatic rings. The molecule has 0 bridgehead atoms. The molecule has 23 heavy (non-hydrogen) atoms. The van der Waals surface area contributed by atoms with E-state index in [0.29, 0.717) is 24.9 Å². The second-order valence-corrected chi connectivity index (χ2v) is 8.18. The van der Waals surface area contributed by atoms with Crippen molar-refractivity contribution in [2.45, 2.75) is 12.8 Å². The molecule has 1 amide bonds. The van der Waals surface area contributed by atoms with Gasteiger partial charge in [-0.05, 0) is 55.2 Å². The van der Waals surface area contributed by atoms with E-state index in [4.69, 9.17) is 0 Å². The highest BCUT2D eigenvalue weighted by Gasteiger charge is 2.27. The van der Waals surface area contributed by atoms with Crippen LogP contribution in [0.3, 0.4) is 0 Å². The normalized spacial score (nSPS) is 19.6. The Labute approximate surface area is 136 Å². The molecular formula is C17H20N2O3S. The minimum absolute atomic E-state index is 0.120. The van der Waals surface area contributed by atoms with Crippen LogP contribution < -0.4 is 5.32 Å². The summed E-state index contributed by atoms with van der Waals surface area (Å²) < 4.78 is 24.8. The van der Waals surface area contributed by atoms with Crippen molar-refractivity contribution in [3.05, 3.63) is 54.4 Å². The average molecular weight is 332 g/mol. The molecule has 0 radical (unpaired) electrons. The lowest BCUT2D eigenvalue weighted by molar-refractivity contribution is 0.0952. The topological polar surface area (TPSA) is 68.2 Å². The fraction of sp³-hybridized carbons (Fsp3) is 0.353. The quantitative estimate of drug-likeness (QED) is 0.911. The number of amides is 1. The van der Waals surface area contributed by atoms with Gasteiger partial charge in [-0.25, -0.2) is 8.42 Å². The third-order valence-electron chi connectivity index (χ3n) is 4.20. The van der Waals surface area contributed by atoms with Crippen molar-refractivity contribution in [3.8, 4) is 5.69 Å². The van der Waals surface area contributed by atoms with E-state index < -0.39 is 9.84 Å². The molecule has 5 nitrogen and oxygen atoms in total. The SMILES string of the molecule is O=C(NCCC1CCS(=O)(=O)C1)c1ccc(-n2cccc2)cc1. The van der Waals surface area contributed by atoms with E-state index in [1.165, 1.54) is 0 Å². The van der Waals surface area contributed by atoms with Crippen LogP contribution in [-0.2, 0) is 9.84 Å². The Bertz CT molecular complexity index is 765. The van der Waals surface area contributed by atoms with Crippen LogP contribution in [0.25, 0.3) is 5.69 Å². The van der Waals surface area contributed by atoms with Gasteiger partial charge in [-0.2, -0.15) is 0 Å². The molecular weight excluding hydrogens is 312 g/mol. The van der Waals surface area contributed by atoms with Crippen molar-refractivity contribution >= 4 is 15.7 Å². The van der Waals surface area contributed by atoms with Gasteiger partial charge in [0.1, 0.15) is 0 Å². The summed E-state index contributed by atoms with van der Waals surface area (Å²) in [6.07, 6.45) is 5.33. The summed E-state index contributed by atoms with van der Waals surface area (Å²) in [5.74, 6) is 0.599. The van der Waals surface area contributed by atoms with Crippen molar-refractivity contribution in [2.24, 2.45) is 5.92 Å². The zero-order valence-corrected chi connectivity index (χ0v) is 13.6. The Morgan fingerprint density at radius 2 is 1.87 bits per heavy atom. The lowest BCUT2D eigenvalue weighted by atomic mass is 10.1. The van der Waals surface area contributed by atoms with E-state index in [1.807, 2.05) is 41.2 Å². The van der Waals surface area contributed by atoms with Crippen LogP contribution in [0.1, 0.15) is 23.2 Å². The summed E-state index contributed by atoms with van der Waals surface area (Å²) in [4.78, 5) is 12.1. The number of rotatable bonds is 5. The highest BCUT2D eigenvalue weighted by atomic mass is 32.2. The van der Waals surface area contributed by atoms with Crippen LogP contribution in [0.5, 0.6) is 0 Å². The van der Waals surface area contributed by atoms with Crippen LogP contribution in [0.2, 0.25) is 0 Å². The Morgan fingerprint density at radius 3 is 2.48 bits per heavy atom. The van der Waals surface area contributed by atoms with Crippen LogP contribution in [0.15, 0.2) is 48.8 Å². The molecule has 3 rings (SSSR count). The minimum Gasteiger partial charge on any atom is -0.352 e. The van der Waals surface area contributed by atoms with Gasteiger partial charge < -0.3 is 9.88 Å². The molecule has 122 valence electrons. The molecule has 0 spiro atoms. The van der Waals surface area contributed by atoms with E-state index in [-0.39, 0.29) is 23.3 Å². The first-order valence-corrected chi connectivity index (χ1v) is 9.58. The lowest BCUT2D eigenvalue weighted by Crippen LogP contribution is -2.26. The second kappa shape index (κ2) is 6.58. The number of hydrogen-bond acceptors (Lipinski definition) is 3.